The molecular weight excluding hydrogens is 316 g/mol. The van der Waals surface area contributed by atoms with Crippen molar-refractivity contribution in [1.29, 1.82) is 0 Å². The highest BCUT2D eigenvalue weighted by molar-refractivity contribution is 5.94. The first-order valence-corrected chi connectivity index (χ1v) is 9.65. The fraction of sp³-hybridized carbons (Fsp3) is 0.650. The van der Waals surface area contributed by atoms with E-state index in [1.165, 1.54) is 12.8 Å². The highest BCUT2D eigenvalue weighted by Gasteiger charge is 2.33. The lowest BCUT2D eigenvalue weighted by molar-refractivity contribution is 0.0315. The Balaban J connectivity index is 1.29. The van der Waals surface area contributed by atoms with Gasteiger partial charge in [0.2, 0.25) is 0 Å². The van der Waals surface area contributed by atoms with E-state index >= 15 is 0 Å². The monoisotopic (exact) mass is 344 g/mol. The average molecular weight is 344 g/mol. The van der Waals surface area contributed by atoms with Crippen molar-refractivity contribution < 1.29 is 14.6 Å². The number of aliphatic hydroxyl groups is 1. The van der Waals surface area contributed by atoms with Crippen LogP contribution in [0.5, 0.6) is 5.75 Å². The molecule has 1 aromatic rings. The molecule has 5 heteroatoms. The summed E-state index contributed by atoms with van der Waals surface area (Å²) in [6, 6.07) is 7.84. The Morgan fingerprint density at radius 1 is 1.04 bits per heavy atom. The van der Waals surface area contributed by atoms with Crippen molar-refractivity contribution >= 4 is 5.91 Å². The zero-order valence-electron chi connectivity index (χ0n) is 14.8. The van der Waals surface area contributed by atoms with Crippen LogP contribution in [0.25, 0.3) is 0 Å². The molecule has 1 N–H and O–H groups in total. The first-order valence-electron chi connectivity index (χ1n) is 9.65. The molecule has 2 atom stereocenters. The van der Waals surface area contributed by atoms with Gasteiger partial charge in [-0.05, 0) is 62.3 Å². The van der Waals surface area contributed by atoms with Gasteiger partial charge < -0.3 is 14.7 Å². The summed E-state index contributed by atoms with van der Waals surface area (Å²) in [6.45, 7) is 3.98. The van der Waals surface area contributed by atoms with Crippen molar-refractivity contribution in [1.82, 2.24) is 9.80 Å². The Kier molecular flexibility index (Phi) is 4.95. The molecule has 3 fully saturated rings. The molecule has 1 aliphatic heterocycles. The number of ether oxygens (including phenoxy) is 1. The summed E-state index contributed by atoms with van der Waals surface area (Å²) in [5.41, 5.74) is 0.730. The summed E-state index contributed by atoms with van der Waals surface area (Å²) in [4.78, 5) is 17.0. The highest BCUT2D eigenvalue weighted by atomic mass is 16.5. The minimum Gasteiger partial charge on any atom is -0.493 e. The third-order valence-electron chi connectivity index (χ3n) is 5.80. The molecule has 5 nitrogen and oxygen atoms in total. The van der Waals surface area contributed by atoms with Crippen LogP contribution in [0.1, 0.15) is 42.5 Å². The quantitative estimate of drug-likeness (QED) is 0.889. The molecular formula is C20H28N2O3. The van der Waals surface area contributed by atoms with Crippen molar-refractivity contribution in [2.24, 2.45) is 5.92 Å². The Morgan fingerprint density at radius 2 is 1.76 bits per heavy atom. The molecule has 0 radical (unpaired) electrons. The van der Waals surface area contributed by atoms with Crippen LogP contribution in [0.3, 0.4) is 0 Å². The zero-order valence-corrected chi connectivity index (χ0v) is 14.8. The number of nitrogens with zero attached hydrogens (tertiary/aromatic N) is 2. The van der Waals surface area contributed by atoms with E-state index in [1.54, 1.807) is 0 Å². The number of benzene rings is 1. The topological polar surface area (TPSA) is 53.0 Å². The molecule has 4 rings (SSSR count). The molecule has 1 heterocycles. The van der Waals surface area contributed by atoms with Gasteiger partial charge in [0.15, 0.2) is 0 Å². The van der Waals surface area contributed by atoms with Gasteiger partial charge in [0.1, 0.15) is 5.75 Å². The highest BCUT2D eigenvalue weighted by Crippen LogP contribution is 2.29. The van der Waals surface area contributed by atoms with Crippen LogP contribution < -0.4 is 4.74 Å². The van der Waals surface area contributed by atoms with Gasteiger partial charge in [0.25, 0.3) is 5.91 Å². The van der Waals surface area contributed by atoms with Crippen molar-refractivity contribution in [3.8, 4) is 5.75 Å². The fourth-order valence-electron chi connectivity index (χ4n) is 3.98. The summed E-state index contributed by atoms with van der Waals surface area (Å²) in [6.07, 6.45) is 5.47. The number of carbonyl (C=O) groups excluding carboxylic acids is 1. The third-order valence-corrected chi connectivity index (χ3v) is 5.80. The van der Waals surface area contributed by atoms with Gasteiger partial charge in [-0.15, -0.1) is 0 Å². The van der Waals surface area contributed by atoms with Crippen molar-refractivity contribution in [2.45, 2.75) is 44.2 Å². The second-order valence-corrected chi connectivity index (χ2v) is 7.67. The van der Waals surface area contributed by atoms with E-state index < -0.39 is 0 Å². The maximum Gasteiger partial charge on any atom is 0.253 e. The second-order valence-electron chi connectivity index (χ2n) is 7.67. The number of amides is 1. The van der Waals surface area contributed by atoms with Gasteiger partial charge in [-0.1, -0.05) is 0 Å². The maximum absolute atomic E-state index is 12.7. The van der Waals surface area contributed by atoms with E-state index in [0.717, 1.165) is 69.3 Å². The van der Waals surface area contributed by atoms with Crippen LogP contribution in [-0.2, 0) is 0 Å². The normalized spacial score (nSPS) is 27.5. The number of hydrogen-bond donors (Lipinski definition) is 1. The molecule has 2 aliphatic carbocycles. The van der Waals surface area contributed by atoms with E-state index in [9.17, 15) is 9.90 Å². The number of carbonyl (C=O) groups is 1. The summed E-state index contributed by atoms with van der Waals surface area (Å²) in [7, 11) is 0. The minimum absolute atomic E-state index is 0.0976. The van der Waals surface area contributed by atoms with Crippen LogP contribution in [0.15, 0.2) is 24.3 Å². The minimum atomic E-state index is -0.189. The lowest BCUT2D eigenvalue weighted by Crippen LogP contribution is -2.53. The van der Waals surface area contributed by atoms with E-state index in [4.69, 9.17) is 4.74 Å². The van der Waals surface area contributed by atoms with Gasteiger partial charge in [0.05, 0.1) is 12.7 Å². The van der Waals surface area contributed by atoms with Gasteiger partial charge in [-0.3, -0.25) is 9.69 Å². The smallest absolute Gasteiger partial charge is 0.253 e. The Hall–Kier alpha value is -1.59. The summed E-state index contributed by atoms with van der Waals surface area (Å²) < 4.78 is 5.74. The van der Waals surface area contributed by atoms with Crippen LogP contribution in [-0.4, -0.2) is 65.7 Å². The van der Waals surface area contributed by atoms with Crippen LogP contribution in [0, 0.1) is 5.92 Å². The first kappa shape index (κ1) is 16.9. The van der Waals surface area contributed by atoms with E-state index in [2.05, 4.69) is 4.90 Å². The van der Waals surface area contributed by atoms with E-state index in [0.29, 0.717) is 6.04 Å². The Morgan fingerprint density at radius 3 is 2.36 bits per heavy atom. The fourth-order valence-corrected chi connectivity index (χ4v) is 3.98. The standard InChI is InChI=1S/C20H28N2O3/c23-19-3-1-2-18(19)21-10-12-22(13-11-21)20(24)16-6-8-17(9-7-16)25-14-15-4-5-15/h6-9,15,18-19,23H,1-5,10-14H2/t18-,19-/m1/s1. The lowest BCUT2D eigenvalue weighted by atomic mass is 10.1. The number of piperazine rings is 1. The average Bonchev–Trinajstić information content (AvgIpc) is 3.39. The predicted octanol–water partition coefficient (Wildman–Crippen LogP) is 2.15. The van der Waals surface area contributed by atoms with E-state index in [1.807, 2.05) is 29.2 Å². The van der Waals surface area contributed by atoms with Crippen LogP contribution in [0.4, 0.5) is 0 Å². The van der Waals surface area contributed by atoms with Gasteiger partial charge in [-0.25, -0.2) is 0 Å². The van der Waals surface area contributed by atoms with Gasteiger partial charge >= 0.3 is 0 Å². The van der Waals surface area contributed by atoms with Gasteiger partial charge in [0, 0.05) is 37.8 Å². The summed E-state index contributed by atoms with van der Waals surface area (Å²) in [5.74, 6) is 1.68. The molecule has 2 saturated carbocycles. The summed E-state index contributed by atoms with van der Waals surface area (Å²) in [5, 5.41) is 10.1. The molecule has 3 aliphatic rings. The van der Waals surface area contributed by atoms with Crippen LogP contribution in [0.2, 0.25) is 0 Å². The molecule has 1 amide bonds. The molecule has 136 valence electrons. The second kappa shape index (κ2) is 7.34. The Bertz CT molecular complexity index is 591. The molecule has 0 unspecified atom stereocenters. The van der Waals surface area contributed by atoms with Crippen molar-refractivity contribution in [2.75, 3.05) is 32.8 Å². The SMILES string of the molecule is O=C(c1ccc(OCC2CC2)cc1)N1CCN([C@@H]2CCC[C@H]2O)CC1. The molecule has 1 aromatic carbocycles. The summed E-state index contributed by atoms with van der Waals surface area (Å²) >= 11 is 0. The van der Waals surface area contributed by atoms with Crippen molar-refractivity contribution in [3.63, 3.8) is 0 Å². The predicted molar refractivity (Wildman–Crippen MR) is 95.8 cm³/mol. The lowest BCUT2D eigenvalue weighted by Gasteiger charge is -2.39. The van der Waals surface area contributed by atoms with Gasteiger partial charge in [-0.2, -0.15) is 0 Å². The van der Waals surface area contributed by atoms with E-state index in [-0.39, 0.29) is 12.0 Å². The number of rotatable bonds is 5. The largest absolute Gasteiger partial charge is 0.493 e. The van der Waals surface area contributed by atoms with Crippen LogP contribution >= 0.6 is 0 Å². The zero-order chi connectivity index (χ0) is 17.2. The Labute approximate surface area is 149 Å². The molecule has 1 saturated heterocycles. The number of aliphatic hydroxyl groups excluding tert-OH is 1. The maximum atomic E-state index is 12.7. The molecule has 25 heavy (non-hydrogen) atoms. The first-order chi connectivity index (χ1) is 12.2. The third kappa shape index (κ3) is 3.98. The molecule has 0 spiro atoms. The molecule has 0 aromatic heterocycles. The number of hydrogen-bond acceptors (Lipinski definition) is 4. The molecule has 0 bridgehead atoms. The van der Waals surface area contributed by atoms with Crippen molar-refractivity contribution in [3.05, 3.63) is 29.8 Å².